The second kappa shape index (κ2) is 9.55. The number of ether oxygens (including phenoxy) is 2. The van der Waals surface area contributed by atoms with Crippen LogP contribution in [0.1, 0.15) is 37.3 Å². The summed E-state index contributed by atoms with van der Waals surface area (Å²) >= 11 is 0. The molecule has 1 aromatic heterocycles. The highest BCUT2D eigenvalue weighted by Gasteiger charge is 2.23. The predicted molar refractivity (Wildman–Crippen MR) is 120 cm³/mol. The average molecular weight is 432 g/mol. The van der Waals surface area contributed by atoms with Gasteiger partial charge in [-0.3, -0.25) is 13.9 Å². The van der Waals surface area contributed by atoms with Crippen LogP contribution in [0.15, 0.2) is 53.6 Å². The molecule has 2 aromatic carbocycles. The van der Waals surface area contributed by atoms with Crippen molar-refractivity contribution in [2.75, 3.05) is 14.2 Å². The van der Waals surface area contributed by atoms with E-state index in [1.54, 1.807) is 37.6 Å². The number of carbonyl (C=O) groups is 1. The lowest BCUT2D eigenvalue weighted by molar-refractivity contribution is -0.140. The molecule has 0 saturated heterocycles. The highest BCUT2D eigenvalue weighted by molar-refractivity contribution is 8.23. The molecular weight excluding hydrogens is 402 g/mol. The van der Waals surface area contributed by atoms with E-state index in [-0.39, 0.29) is 12.4 Å². The second-order valence-corrected chi connectivity index (χ2v) is 9.11. The van der Waals surface area contributed by atoms with Crippen LogP contribution in [0.4, 0.5) is 0 Å². The van der Waals surface area contributed by atoms with Crippen LogP contribution >= 0.6 is 10.8 Å². The van der Waals surface area contributed by atoms with Crippen LogP contribution in [0.2, 0.25) is 0 Å². The molecule has 7 heteroatoms. The van der Waals surface area contributed by atoms with E-state index in [0.717, 1.165) is 30.2 Å². The van der Waals surface area contributed by atoms with Gasteiger partial charge in [0, 0.05) is 18.0 Å². The van der Waals surface area contributed by atoms with Gasteiger partial charge in [-0.05, 0) is 60.7 Å². The largest absolute Gasteiger partial charge is 0.497 e. The van der Waals surface area contributed by atoms with Crippen molar-refractivity contribution >= 4 is 27.6 Å². The van der Waals surface area contributed by atoms with E-state index in [1.807, 2.05) is 18.2 Å². The number of benzene rings is 2. The van der Waals surface area contributed by atoms with Crippen molar-refractivity contribution in [2.45, 2.75) is 43.9 Å². The van der Waals surface area contributed by atoms with Crippen LogP contribution in [0.3, 0.4) is 0 Å². The lowest BCUT2D eigenvalue weighted by Gasteiger charge is -2.34. The summed E-state index contributed by atoms with van der Waals surface area (Å²) in [6.07, 6.45) is 5.54. The lowest BCUT2D eigenvalue weighted by atomic mass is 10.1. The number of esters is 1. The third-order valence-electron chi connectivity index (χ3n) is 5.22. The molecule has 2 N–H and O–H groups in total. The fourth-order valence-electron chi connectivity index (χ4n) is 3.45. The maximum absolute atomic E-state index is 11.6. The van der Waals surface area contributed by atoms with Gasteiger partial charge in [0.2, 0.25) is 0 Å². The Morgan fingerprint density at radius 3 is 2.43 bits per heavy atom. The molecule has 0 radical (unpaired) electrons. The minimum atomic E-state index is -3.29. The highest BCUT2D eigenvalue weighted by Crippen LogP contribution is 2.52. The van der Waals surface area contributed by atoms with Crippen molar-refractivity contribution in [1.29, 1.82) is 0 Å². The number of fused-ring (bicyclic) bond motifs is 1. The summed E-state index contributed by atoms with van der Waals surface area (Å²) in [5.41, 5.74) is 2.68. The number of rotatable bonds is 9. The highest BCUT2D eigenvalue weighted by atomic mass is 32.3. The minimum Gasteiger partial charge on any atom is -0.497 e. The van der Waals surface area contributed by atoms with Crippen molar-refractivity contribution in [1.82, 2.24) is 3.97 Å². The van der Waals surface area contributed by atoms with Crippen LogP contribution in [-0.4, -0.2) is 33.3 Å². The normalized spacial score (nSPS) is 12.2. The number of nitrogens with zero attached hydrogens (tertiary/aromatic N) is 1. The molecule has 0 aliphatic carbocycles. The van der Waals surface area contributed by atoms with Gasteiger partial charge in [-0.25, -0.2) is 3.97 Å². The van der Waals surface area contributed by atoms with Gasteiger partial charge in [0.05, 0.1) is 24.6 Å². The smallest absolute Gasteiger partial charge is 0.305 e. The summed E-state index contributed by atoms with van der Waals surface area (Å²) in [7, 11) is -0.346. The average Bonchev–Trinajstić information content (AvgIpc) is 3.14. The lowest BCUT2D eigenvalue weighted by Crippen LogP contribution is -2.08. The summed E-state index contributed by atoms with van der Waals surface area (Å²) in [6, 6.07) is 12.9. The Kier molecular flexibility index (Phi) is 7.07. The van der Waals surface area contributed by atoms with E-state index in [1.165, 1.54) is 16.6 Å². The van der Waals surface area contributed by atoms with E-state index in [2.05, 4.69) is 6.92 Å². The van der Waals surface area contributed by atoms with Crippen LogP contribution in [0.5, 0.6) is 5.75 Å². The Labute approximate surface area is 178 Å². The first-order valence-electron chi connectivity index (χ1n) is 10.0. The van der Waals surface area contributed by atoms with Gasteiger partial charge in [0.15, 0.2) is 0 Å². The first-order valence-corrected chi connectivity index (χ1v) is 11.5. The number of methoxy groups -OCH3 is 2. The molecule has 0 aliphatic rings. The first kappa shape index (κ1) is 22.2. The van der Waals surface area contributed by atoms with Crippen LogP contribution < -0.4 is 4.74 Å². The number of hydrogen-bond acceptors (Lipinski definition) is 5. The Balaban J connectivity index is 2.01. The molecule has 0 fully saturated rings. The molecule has 0 unspecified atom stereocenters. The fraction of sp³-hybridized carbons (Fsp3) is 0.348. The van der Waals surface area contributed by atoms with Gasteiger partial charge < -0.3 is 9.47 Å². The summed E-state index contributed by atoms with van der Waals surface area (Å²) in [5.74, 6) is 0.351. The van der Waals surface area contributed by atoms with Crippen molar-refractivity contribution in [3.63, 3.8) is 0 Å². The van der Waals surface area contributed by atoms with E-state index >= 15 is 0 Å². The summed E-state index contributed by atoms with van der Waals surface area (Å²) in [6.45, 7) is 2.15. The van der Waals surface area contributed by atoms with Gasteiger partial charge in [-0.15, -0.1) is 0 Å². The molecule has 0 bridgehead atoms. The Morgan fingerprint density at radius 1 is 1.07 bits per heavy atom. The number of carbonyl (C=O) groups excluding carboxylic acids is 1. The van der Waals surface area contributed by atoms with Crippen LogP contribution in [0.25, 0.3) is 10.9 Å². The first-order chi connectivity index (χ1) is 14.4. The zero-order valence-corrected chi connectivity index (χ0v) is 18.4. The maximum Gasteiger partial charge on any atom is 0.305 e. The number of aryl methyl sites for hydroxylation is 2. The van der Waals surface area contributed by atoms with Crippen molar-refractivity contribution in [3.8, 4) is 5.75 Å². The standard InChI is InChI=1S/C23H29NO5S/c1-4-5-6-17-7-11-20(12-8-17)30(26,27)24-16-18(9-14-23(25)29-3)21-15-19(28-2)10-13-22(21)24/h7-8,10-13,15-16,26-27H,4-6,9,14H2,1-3H3. The summed E-state index contributed by atoms with van der Waals surface area (Å²) in [4.78, 5) is 12.1. The van der Waals surface area contributed by atoms with Gasteiger partial charge in [0.1, 0.15) is 5.75 Å². The Bertz CT molecular complexity index is 1010. The predicted octanol–water partition coefficient (Wildman–Crippen LogP) is 5.67. The topological polar surface area (TPSA) is 80.9 Å². The summed E-state index contributed by atoms with van der Waals surface area (Å²) < 4.78 is 33.9. The van der Waals surface area contributed by atoms with Crippen molar-refractivity contribution in [2.24, 2.45) is 0 Å². The quantitative estimate of drug-likeness (QED) is 0.427. The van der Waals surface area contributed by atoms with E-state index < -0.39 is 10.8 Å². The molecule has 162 valence electrons. The molecule has 0 saturated carbocycles. The van der Waals surface area contributed by atoms with Crippen LogP contribution in [0, 0.1) is 0 Å². The second-order valence-electron chi connectivity index (χ2n) is 7.21. The molecule has 1 heterocycles. The van der Waals surface area contributed by atoms with E-state index in [4.69, 9.17) is 9.47 Å². The number of unbranched alkanes of at least 4 members (excludes halogenated alkanes) is 1. The number of hydrogen-bond donors (Lipinski definition) is 2. The molecule has 0 amide bonds. The van der Waals surface area contributed by atoms with Gasteiger partial charge in [-0.2, -0.15) is 0 Å². The number of aromatic nitrogens is 1. The molecule has 6 nitrogen and oxygen atoms in total. The molecule has 3 aromatic rings. The fourth-order valence-corrected chi connectivity index (χ4v) is 4.89. The van der Waals surface area contributed by atoms with E-state index in [0.29, 0.717) is 22.6 Å². The Hall–Kier alpha value is -2.48. The third kappa shape index (κ3) is 4.64. The Morgan fingerprint density at radius 2 is 1.80 bits per heavy atom. The zero-order chi connectivity index (χ0) is 21.7. The molecule has 0 aliphatic heterocycles. The minimum absolute atomic E-state index is 0.206. The van der Waals surface area contributed by atoms with Gasteiger partial charge in [-0.1, -0.05) is 36.3 Å². The van der Waals surface area contributed by atoms with Gasteiger partial charge >= 0.3 is 5.97 Å². The molecule has 0 atom stereocenters. The van der Waals surface area contributed by atoms with Crippen molar-refractivity contribution in [3.05, 3.63) is 59.8 Å². The molecular formula is C23H29NO5S. The molecule has 30 heavy (non-hydrogen) atoms. The third-order valence-corrected chi connectivity index (χ3v) is 6.97. The zero-order valence-electron chi connectivity index (χ0n) is 17.6. The van der Waals surface area contributed by atoms with Crippen molar-refractivity contribution < 1.29 is 23.4 Å². The van der Waals surface area contributed by atoms with Crippen LogP contribution in [-0.2, 0) is 22.4 Å². The molecule has 0 spiro atoms. The van der Waals surface area contributed by atoms with Gasteiger partial charge in [0.25, 0.3) is 0 Å². The molecule has 3 rings (SSSR count). The SMILES string of the molecule is CCCCc1ccc(S(O)(O)n2cc(CCC(=O)OC)c3cc(OC)ccc32)cc1. The van der Waals surface area contributed by atoms with E-state index in [9.17, 15) is 13.9 Å². The summed E-state index contributed by atoms with van der Waals surface area (Å²) in [5, 5.41) is 0.817. The monoisotopic (exact) mass is 431 g/mol. The maximum atomic E-state index is 11.6.